The van der Waals surface area contributed by atoms with Gasteiger partial charge in [0.2, 0.25) is 0 Å². The van der Waals surface area contributed by atoms with Crippen molar-refractivity contribution in [3.63, 3.8) is 0 Å². The van der Waals surface area contributed by atoms with E-state index in [4.69, 9.17) is 42.4 Å². The first-order valence-corrected chi connectivity index (χ1v) is 22.3. The number of anilines is 1. The van der Waals surface area contributed by atoms with Gasteiger partial charge in [-0.1, -0.05) is 65.7 Å². The standard InChI is InChI=1S/C48H46Cl2FN7O5S/c1-28-38(29(2)42(50)43(41(28)49)62-24-23-58-21-19-57(3)20-22-58)39-40-46(53-27-54-47(40)64-44(39)30-13-15-32(51)16-14-30)56-35(48(59)60)25-31-9-5-7-11-36(31)63-26-33-17-18-52-45(55-33)34-10-6-8-12-37(34)61-4/h5-18,27,35H,19-26H2,1-4H3,(H,59,60)(H,53,54,56)/t35-/m1/s1. The van der Waals surface area contributed by atoms with Gasteiger partial charge in [0.25, 0.3) is 0 Å². The van der Waals surface area contributed by atoms with Gasteiger partial charge in [-0.2, -0.15) is 0 Å². The zero-order valence-corrected chi connectivity index (χ0v) is 38.0. The third-order valence-corrected chi connectivity index (χ3v) is 13.4. The van der Waals surface area contributed by atoms with Gasteiger partial charge in [0.15, 0.2) is 11.6 Å². The van der Waals surface area contributed by atoms with Gasteiger partial charge in [-0.15, -0.1) is 11.3 Å². The molecule has 4 heterocycles. The molecule has 0 radical (unpaired) electrons. The number of ether oxygens (including phenoxy) is 3. The van der Waals surface area contributed by atoms with Crippen molar-refractivity contribution < 1.29 is 28.5 Å². The average molecular weight is 923 g/mol. The van der Waals surface area contributed by atoms with Crippen LogP contribution in [0.3, 0.4) is 0 Å². The minimum Gasteiger partial charge on any atom is -0.496 e. The minimum absolute atomic E-state index is 0.0351. The molecule has 0 bridgehead atoms. The topological polar surface area (TPSA) is 135 Å². The summed E-state index contributed by atoms with van der Waals surface area (Å²) < 4.78 is 32.4. The van der Waals surface area contributed by atoms with Crippen LogP contribution in [0.2, 0.25) is 10.0 Å². The van der Waals surface area contributed by atoms with E-state index in [1.54, 1.807) is 37.6 Å². The fourth-order valence-electron chi connectivity index (χ4n) is 7.86. The number of likely N-dealkylation sites (N-methyl/N-ethyl adjacent to an activating group) is 1. The molecule has 1 atom stereocenters. The maximum absolute atomic E-state index is 14.3. The Balaban J connectivity index is 1.12. The van der Waals surface area contributed by atoms with Crippen LogP contribution < -0.4 is 19.5 Å². The number of piperazine rings is 1. The number of rotatable bonds is 16. The van der Waals surface area contributed by atoms with E-state index in [1.165, 1.54) is 29.8 Å². The van der Waals surface area contributed by atoms with Crippen LogP contribution >= 0.6 is 34.5 Å². The van der Waals surface area contributed by atoms with Gasteiger partial charge in [-0.25, -0.2) is 29.1 Å². The second-order valence-corrected chi connectivity index (χ2v) is 17.3. The van der Waals surface area contributed by atoms with E-state index in [-0.39, 0.29) is 18.8 Å². The van der Waals surface area contributed by atoms with E-state index in [9.17, 15) is 14.3 Å². The Morgan fingerprint density at radius 1 is 0.891 bits per heavy atom. The van der Waals surface area contributed by atoms with Crippen LogP contribution in [0.4, 0.5) is 10.2 Å². The molecule has 3 aromatic heterocycles. The molecular weight excluding hydrogens is 877 g/mol. The molecule has 0 aliphatic carbocycles. The predicted molar refractivity (Wildman–Crippen MR) is 251 cm³/mol. The number of carboxylic acids is 1. The summed E-state index contributed by atoms with van der Waals surface area (Å²) in [6, 6.07) is 21.6. The number of halogens is 3. The van der Waals surface area contributed by atoms with Crippen molar-refractivity contribution in [2.45, 2.75) is 32.9 Å². The largest absolute Gasteiger partial charge is 0.496 e. The highest BCUT2D eigenvalue weighted by Gasteiger charge is 2.29. The maximum Gasteiger partial charge on any atom is 0.326 e. The average Bonchev–Trinajstić information content (AvgIpc) is 3.69. The normalized spacial score (nSPS) is 13.8. The quantitative estimate of drug-likeness (QED) is 0.0956. The van der Waals surface area contributed by atoms with Crippen LogP contribution in [0.15, 0.2) is 91.4 Å². The first kappa shape index (κ1) is 44.7. The van der Waals surface area contributed by atoms with Crippen LogP contribution in [0.1, 0.15) is 22.4 Å². The molecule has 2 N–H and O–H groups in total. The van der Waals surface area contributed by atoms with Crippen molar-refractivity contribution in [1.29, 1.82) is 0 Å². The number of carbonyl (C=O) groups is 1. The maximum atomic E-state index is 14.3. The van der Waals surface area contributed by atoms with Crippen molar-refractivity contribution in [3.05, 3.63) is 130 Å². The van der Waals surface area contributed by atoms with Gasteiger partial charge >= 0.3 is 5.97 Å². The number of carboxylic acid groups (broad SMARTS) is 1. The number of aliphatic carboxylic acids is 1. The van der Waals surface area contributed by atoms with Crippen LogP contribution in [0.5, 0.6) is 17.2 Å². The van der Waals surface area contributed by atoms with Gasteiger partial charge in [0.05, 0.1) is 33.8 Å². The number of hydrogen-bond donors (Lipinski definition) is 2. The van der Waals surface area contributed by atoms with E-state index < -0.39 is 12.0 Å². The summed E-state index contributed by atoms with van der Waals surface area (Å²) in [6.45, 7) is 8.94. The fourth-order valence-corrected chi connectivity index (χ4v) is 9.55. The van der Waals surface area contributed by atoms with Crippen molar-refractivity contribution in [2.75, 3.05) is 58.8 Å². The summed E-state index contributed by atoms with van der Waals surface area (Å²) in [6.07, 6.45) is 3.09. The molecule has 1 aliphatic rings. The molecule has 0 saturated carbocycles. The number of para-hydroxylation sites is 2. The fraction of sp³-hybridized carbons (Fsp3) is 0.271. The lowest BCUT2D eigenvalue weighted by atomic mass is 9.91. The zero-order valence-electron chi connectivity index (χ0n) is 35.7. The minimum atomic E-state index is -1.16. The van der Waals surface area contributed by atoms with E-state index in [0.29, 0.717) is 89.3 Å². The summed E-state index contributed by atoms with van der Waals surface area (Å²) in [5, 5.41) is 15.3. The Hall–Kier alpha value is -5.90. The number of benzene rings is 4. The number of nitrogens with zero attached hydrogens (tertiary/aromatic N) is 6. The van der Waals surface area contributed by atoms with Crippen LogP contribution in [-0.2, 0) is 17.8 Å². The first-order valence-electron chi connectivity index (χ1n) is 20.7. The summed E-state index contributed by atoms with van der Waals surface area (Å²) in [4.78, 5) is 37.6. The molecule has 64 heavy (non-hydrogen) atoms. The molecule has 8 rings (SSSR count). The molecular formula is C48H46Cl2FN7O5S. The summed E-state index contributed by atoms with van der Waals surface area (Å²) >= 11 is 15.7. The number of nitrogens with one attached hydrogen (secondary N) is 1. The smallest absolute Gasteiger partial charge is 0.326 e. The Morgan fingerprint density at radius 2 is 1.59 bits per heavy atom. The number of fused-ring (bicyclic) bond motifs is 1. The Morgan fingerprint density at radius 3 is 2.31 bits per heavy atom. The lowest BCUT2D eigenvalue weighted by molar-refractivity contribution is -0.137. The highest BCUT2D eigenvalue weighted by molar-refractivity contribution is 7.22. The van der Waals surface area contributed by atoms with E-state index >= 15 is 0 Å². The van der Waals surface area contributed by atoms with Gasteiger partial charge in [0.1, 0.15) is 53.5 Å². The third kappa shape index (κ3) is 9.61. The Labute approximate surface area is 384 Å². The highest BCUT2D eigenvalue weighted by atomic mass is 35.5. The van der Waals surface area contributed by atoms with Gasteiger partial charge in [-0.05, 0) is 85.1 Å². The number of thiophene rings is 1. The third-order valence-electron chi connectivity index (χ3n) is 11.3. The van der Waals surface area contributed by atoms with Crippen molar-refractivity contribution in [3.8, 4) is 50.2 Å². The SMILES string of the molecule is COc1ccccc1-c1nccc(COc2ccccc2C[C@@H](Nc2ncnc3sc(-c4ccc(F)cc4)c(-c4c(C)c(Cl)c(OCCN5CCN(C)CC5)c(Cl)c4C)c23)C(=O)O)n1. The molecule has 7 aromatic rings. The van der Waals surface area contributed by atoms with Gasteiger partial charge < -0.3 is 29.5 Å². The van der Waals surface area contributed by atoms with E-state index in [1.807, 2.05) is 56.3 Å². The van der Waals surface area contributed by atoms with E-state index in [2.05, 4.69) is 37.1 Å². The molecule has 0 spiro atoms. The molecule has 0 unspecified atom stereocenters. The molecule has 1 fully saturated rings. The van der Waals surface area contributed by atoms with Crippen molar-refractivity contribution in [1.82, 2.24) is 29.7 Å². The van der Waals surface area contributed by atoms with Crippen molar-refractivity contribution in [2.24, 2.45) is 0 Å². The monoisotopic (exact) mass is 921 g/mol. The Bertz CT molecular complexity index is 2770. The van der Waals surface area contributed by atoms with Gasteiger partial charge in [-0.3, -0.25) is 4.90 Å². The lowest BCUT2D eigenvalue weighted by Gasteiger charge is -2.32. The molecule has 1 aliphatic heterocycles. The first-order chi connectivity index (χ1) is 31.0. The van der Waals surface area contributed by atoms with Crippen LogP contribution in [0.25, 0.3) is 43.2 Å². The Kier molecular flexibility index (Phi) is 13.9. The highest BCUT2D eigenvalue weighted by Crippen LogP contribution is 2.52. The summed E-state index contributed by atoms with van der Waals surface area (Å²) in [5.41, 5.74) is 5.55. The second kappa shape index (κ2) is 19.9. The number of methoxy groups -OCH3 is 1. The molecule has 0 amide bonds. The number of hydrogen-bond acceptors (Lipinski definition) is 12. The second-order valence-electron chi connectivity index (χ2n) is 15.5. The molecule has 330 valence electrons. The predicted octanol–water partition coefficient (Wildman–Crippen LogP) is 9.87. The van der Waals surface area contributed by atoms with Crippen LogP contribution in [-0.4, -0.2) is 100 Å². The van der Waals surface area contributed by atoms with Crippen LogP contribution in [0, 0.1) is 19.7 Å². The van der Waals surface area contributed by atoms with Gasteiger partial charge in [0, 0.05) is 55.8 Å². The van der Waals surface area contributed by atoms with Crippen molar-refractivity contribution >= 4 is 56.5 Å². The summed E-state index contributed by atoms with van der Waals surface area (Å²) in [5.74, 6) is 0.838. The summed E-state index contributed by atoms with van der Waals surface area (Å²) in [7, 11) is 3.72. The molecule has 16 heteroatoms. The lowest BCUT2D eigenvalue weighted by Crippen LogP contribution is -2.45. The zero-order chi connectivity index (χ0) is 44.9. The molecule has 12 nitrogen and oxygen atoms in total. The molecule has 4 aromatic carbocycles. The van der Waals surface area contributed by atoms with E-state index in [0.717, 1.165) is 48.7 Å². The number of aromatic nitrogens is 4. The molecule has 1 saturated heterocycles.